The first-order chi connectivity index (χ1) is 22.9. The van der Waals surface area contributed by atoms with Gasteiger partial charge in [-0.25, -0.2) is 14.4 Å². The number of nitrogens with two attached hydrogens (primary N) is 1. The number of aliphatic hydroxyl groups is 4. The molecule has 2 amide bonds. The number of rotatable bonds is 16. The third-order valence-electron chi connectivity index (χ3n) is 8.48. The molecule has 0 bridgehead atoms. The minimum Gasteiger partial charge on any atom is -0.480 e. The molecule has 2 fully saturated rings. The van der Waals surface area contributed by atoms with E-state index in [1.54, 1.807) is 12.1 Å². The number of hydrogen-bond acceptors (Lipinski definition) is 12. The van der Waals surface area contributed by atoms with Crippen molar-refractivity contribution in [3.63, 3.8) is 0 Å². The van der Waals surface area contributed by atoms with E-state index in [0.29, 0.717) is 5.69 Å². The topological polar surface area (TPSA) is 268 Å². The molecule has 0 spiro atoms. The summed E-state index contributed by atoms with van der Waals surface area (Å²) in [5, 5.41) is 57.7. The normalized spacial score (nSPS) is 28.2. The number of hydrogen-bond donors (Lipinski definition) is 9. The van der Waals surface area contributed by atoms with Crippen LogP contribution in [0.4, 0.5) is 10.5 Å². The molecule has 48 heavy (non-hydrogen) atoms. The molecule has 2 aliphatic rings. The number of nitrogens with zero attached hydrogens (tertiary/aromatic N) is 1. The van der Waals surface area contributed by atoms with Gasteiger partial charge in [-0.05, 0) is 30.5 Å². The number of aromatic amines is 1. The number of carbonyl (C=O) groups is 2. The van der Waals surface area contributed by atoms with Crippen molar-refractivity contribution in [2.75, 3.05) is 11.9 Å². The number of ether oxygens (including phenoxy) is 3. The third kappa shape index (κ3) is 9.06. The van der Waals surface area contributed by atoms with Crippen LogP contribution in [0.3, 0.4) is 0 Å². The third-order valence-corrected chi connectivity index (χ3v) is 8.48. The van der Waals surface area contributed by atoms with Crippen molar-refractivity contribution in [3.8, 4) is 0 Å². The molecule has 10 N–H and O–H groups in total. The summed E-state index contributed by atoms with van der Waals surface area (Å²) < 4.78 is 17.7. The van der Waals surface area contributed by atoms with Crippen LogP contribution in [-0.2, 0) is 25.4 Å². The smallest absolute Gasteiger partial charge is 0.330 e. The second kappa shape index (κ2) is 17.1. The van der Waals surface area contributed by atoms with Crippen LogP contribution in [0.1, 0.15) is 57.2 Å². The lowest BCUT2D eigenvalue weighted by molar-refractivity contribution is -0.227. The first kappa shape index (κ1) is 37.1. The van der Waals surface area contributed by atoms with Gasteiger partial charge in [0.25, 0.3) is 5.56 Å². The van der Waals surface area contributed by atoms with E-state index >= 15 is 0 Å². The molecule has 2 aliphatic heterocycles. The van der Waals surface area contributed by atoms with Gasteiger partial charge in [-0.2, -0.15) is 0 Å². The minimum absolute atomic E-state index is 0.234. The number of carboxylic acids is 1. The highest BCUT2D eigenvalue weighted by Crippen LogP contribution is 2.34. The van der Waals surface area contributed by atoms with Crippen molar-refractivity contribution in [3.05, 3.63) is 62.9 Å². The number of anilines is 1. The second-order valence-electron chi connectivity index (χ2n) is 12.0. The highest BCUT2D eigenvalue weighted by atomic mass is 16.7. The van der Waals surface area contributed by atoms with Crippen LogP contribution in [0.2, 0.25) is 0 Å². The van der Waals surface area contributed by atoms with Crippen molar-refractivity contribution in [1.82, 2.24) is 14.9 Å². The number of H-pyrrole nitrogens is 1. The van der Waals surface area contributed by atoms with Crippen LogP contribution in [-0.4, -0.2) is 109 Å². The molecule has 2 saturated heterocycles. The van der Waals surface area contributed by atoms with Crippen LogP contribution in [0.5, 0.6) is 0 Å². The van der Waals surface area contributed by atoms with E-state index < -0.39 is 84.5 Å². The Labute approximate surface area is 275 Å². The van der Waals surface area contributed by atoms with E-state index in [9.17, 15) is 44.7 Å². The molecule has 1 aromatic carbocycles. The van der Waals surface area contributed by atoms with Crippen LogP contribution in [0, 0.1) is 0 Å². The van der Waals surface area contributed by atoms with E-state index in [1.165, 1.54) is 25.7 Å². The molecular formula is C31H45N5O12. The quantitative estimate of drug-likeness (QED) is 0.0978. The van der Waals surface area contributed by atoms with Gasteiger partial charge in [0, 0.05) is 24.5 Å². The molecule has 0 unspecified atom stereocenters. The zero-order valence-corrected chi connectivity index (χ0v) is 26.5. The zero-order valence-electron chi connectivity index (χ0n) is 26.5. The van der Waals surface area contributed by atoms with Crippen LogP contribution in [0.25, 0.3) is 0 Å². The summed E-state index contributed by atoms with van der Waals surface area (Å²) in [6.45, 7) is 1.93. The molecule has 10 atom stereocenters. The lowest BCUT2D eigenvalue weighted by Crippen LogP contribution is -2.59. The summed E-state index contributed by atoms with van der Waals surface area (Å²) in [7, 11) is 0. The average molecular weight is 680 g/mol. The zero-order chi connectivity index (χ0) is 35.0. The second-order valence-corrected chi connectivity index (χ2v) is 12.0. The maximum absolute atomic E-state index is 13.1. The Morgan fingerprint density at radius 3 is 2.27 bits per heavy atom. The van der Waals surface area contributed by atoms with Crippen molar-refractivity contribution in [2.24, 2.45) is 5.73 Å². The van der Waals surface area contributed by atoms with Crippen LogP contribution in [0.15, 0.2) is 46.1 Å². The van der Waals surface area contributed by atoms with E-state index in [0.717, 1.165) is 41.7 Å². The van der Waals surface area contributed by atoms with E-state index in [-0.39, 0.29) is 6.54 Å². The maximum Gasteiger partial charge on any atom is 0.330 e. The van der Waals surface area contributed by atoms with Gasteiger partial charge in [0.05, 0.1) is 0 Å². The fraction of sp³-hybridized carbons (Fsp3) is 0.613. The van der Waals surface area contributed by atoms with E-state index in [2.05, 4.69) is 17.6 Å². The number of carbonyl (C=O) groups excluding carboxylic acids is 1. The number of aromatic nitrogens is 2. The SMILES string of the molecule is CCCCCCCCc1ccc(NC(=O)N[C@H](C(=O)O)[C@H](O[C@@H]2O[C@H](CN)[C@@H](O)[C@H]2O)[C@H]2O[C@@H](n3ccc(=O)[nH]c3=O)[C@H](O)[C@@H]2O)cc1. The standard InChI is InChI=1S/C31H45N5O12/c1-2-3-4-5-6-7-8-16-9-11-17(12-10-16)33-30(44)35-20(28(42)43)25(48-29-24(41)21(38)18(15-32)46-29)26-22(39)23(40)27(47-26)36-14-13-19(37)34-31(36)45/h9-14,18,20-27,29,38-41H,2-8,15,32H2,1H3,(H,42,43)(H2,33,35,44)(H,34,37,45)/t18-,20+,21-,22+,23-,24-,25+,26+,27-,29+/m1/s1. The Kier molecular flexibility index (Phi) is 13.2. The first-order valence-electron chi connectivity index (χ1n) is 16.0. The Bertz CT molecular complexity index is 1470. The molecule has 3 heterocycles. The van der Waals surface area contributed by atoms with Gasteiger partial charge in [-0.15, -0.1) is 0 Å². The Hall–Kier alpha value is -3.68. The highest BCUT2D eigenvalue weighted by Gasteiger charge is 2.54. The molecule has 17 nitrogen and oxygen atoms in total. The largest absolute Gasteiger partial charge is 0.480 e. The molecule has 266 valence electrons. The summed E-state index contributed by atoms with van der Waals surface area (Å²) in [6.07, 6.45) is -6.28. The van der Waals surface area contributed by atoms with Gasteiger partial charge in [0.1, 0.15) is 42.7 Å². The Morgan fingerprint density at radius 1 is 0.958 bits per heavy atom. The molecule has 17 heteroatoms. The highest BCUT2D eigenvalue weighted by molar-refractivity contribution is 5.92. The van der Waals surface area contributed by atoms with Gasteiger partial charge >= 0.3 is 17.7 Å². The summed E-state index contributed by atoms with van der Waals surface area (Å²) in [5.74, 6) is -1.66. The molecule has 1 aromatic heterocycles. The number of benzene rings is 1. The lowest BCUT2D eigenvalue weighted by atomic mass is 9.99. The Morgan fingerprint density at radius 2 is 1.65 bits per heavy atom. The number of nitrogens with one attached hydrogen (secondary N) is 3. The number of unbranched alkanes of at least 4 members (excludes halogenated alkanes) is 5. The summed E-state index contributed by atoms with van der Waals surface area (Å²) in [6, 6.07) is 5.01. The molecule has 0 saturated carbocycles. The van der Waals surface area contributed by atoms with Gasteiger partial charge in [-0.1, -0.05) is 51.2 Å². The first-order valence-corrected chi connectivity index (χ1v) is 16.0. The average Bonchev–Trinajstić information content (AvgIpc) is 3.50. The van der Waals surface area contributed by atoms with Crippen LogP contribution < -0.4 is 27.6 Å². The number of aliphatic hydroxyl groups excluding tert-OH is 4. The molecule has 0 radical (unpaired) electrons. The van der Waals surface area contributed by atoms with Gasteiger partial charge in [0.2, 0.25) is 0 Å². The van der Waals surface area contributed by atoms with Gasteiger partial charge in [0.15, 0.2) is 18.6 Å². The molecule has 0 aliphatic carbocycles. The Balaban J connectivity index is 1.51. The van der Waals surface area contributed by atoms with Crippen molar-refractivity contribution in [1.29, 1.82) is 0 Å². The predicted molar refractivity (Wildman–Crippen MR) is 169 cm³/mol. The fourth-order valence-corrected chi connectivity index (χ4v) is 5.79. The van der Waals surface area contributed by atoms with Crippen LogP contribution >= 0.6 is 0 Å². The summed E-state index contributed by atoms with van der Waals surface area (Å²) in [4.78, 5) is 51.6. The lowest BCUT2D eigenvalue weighted by Gasteiger charge is -2.33. The fourth-order valence-electron chi connectivity index (χ4n) is 5.79. The van der Waals surface area contributed by atoms with E-state index in [4.69, 9.17) is 19.9 Å². The van der Waals surface area contributed by atoms with Crippen molar-refractivity contribution in [2.45, 2.75) is 113 Å². The van der Waals surface area contributed by atoms with E-state index in [1.807, 2.05) is 17.1 Å². The monoisotopic (exact) mass is 679 g/mol. The molecule has 2 aromatic rings. The molecular weight excluding hydrogens is 634 g/mol. The summed E-state index contributed by atoms with van der Waals surface area (Å²) in [5.41, 5.74) is 5.28. The number of aryl methyl sites for hydroxylation is 1. The van der Waals surface area contributed by atoms with Gasteiger partial charge < -0.3 is 56.1 Å². The number of aliphatic carboxylic acids is 1. The number of amides is 2. The number of urea groups is 1. The number of carboxylic acid groups (broad SMARTS) is 1. The summed E-state index contributed by atoms with van der Waals surface area (Å²) >= 11 is 0. The maximum atomic E-state index is 13.1. The van der Waals surface area contributed by atoms with Crippen molar-refractivity contribution >= 4 is 17.7 Å². The van der Waals surface area contributed by atoms with Gasteiger partial charge in [-0.3, -0.25) is 14.3 Å². The van der Waals surface area contributed by atoms with Crippen molar-refractivity contribution < 1.29 is 49.3 Å². The minimum atomic E-state index is -2.01. The molecule has 4 rings (SSSR count). The predicted octanol–water partition coefficient (Wildman–Crippen LogP) is -0.876.